The molecule has 1 amide bonds. The van der Waals surface area contributed by atoms with Gasteiger partial charge in [0, 0.05) is 56.3 Å². The van der Waals surface area contributed by atoms with Gasteiger partial charge in [0.1, 0.15) is 0 Å². The number of hydrogen-bond acceptors (Lipinski definition) is 4. The zero-order chi connectivity index (χ0) is 22.7. The van der Waals surface area contributed by atoms with Gasteiger partial charge < -0.3 is 4.90 Å². The lowest BCUT2D eigenvalue weighted by atomic mass is 9.68. The highest BCUT2D eigenvalue weighted by Crippen LogP contribution is 2.44. The van der Waals surface area contributed by atoms with Gasteiger partial charge in [0.15, 0.2) is 11.6 Å². The molecule has 174 valence electrons. The molecule has 4 aliphatic rings. The van der Waals surface area contributed by atoms with Crippen molar-refractivity contribution in [1.82, 2.24) is 14.7 Å². The number of piperidine rings is 1. The molecule has 10 heteroatoms. The van der Waals surface area contributed by atoms with Crippen LogP contribution in [0.3, 0.4) is 0 Å². The van der Waals surface area contributed by atoms with Gasteiger partial charge in [-0.05, 0) is 25.7 Å². The predicted octanol–water partition coefficient (Wildman–Crippen LogP) is 4.58. The van der Waals surface area contributed by atoms with E-state index in [4.69, 9.17) is 4.99 Å². The first-order valence-corrected chi connectivity index (χ1v) is 11.4. The molecule has 0 radical (unpaired) electrons. The van der Waals surface area contributed by atoms with Crippen LogP contribution in [-0.4, -0.2) is 57.0 Å². The van der Waals surface area contributed by atoms with Crippen molar-refractivity contribution in [2.75, 3.05) is 13.1 Å². The Balaban J connectivity index is 1.33. The van der Waals surface area contributed by atoms with Crippen molar-refractivity contribution in [3.63, 3.8) is 0 Å². The first-order valence-electron chi connectivity index (χ1n) is 11.4. The predicted molar refractivity (Wildman–Crippen MR) is 108 cm³/mol. The Labute approximate surface area is 183 Å². The summed E-state index contributed by atoms with van der Waals surface area (Å²) in [6.45, 7) is 0.0907. The van der Waals surface area contributed by atoms with Crippen molar-refractivity contribution in [2.24, 2.45) is 16.8 Å². The number of Topliss-reactive ketones (excluding diaryl/α,β-unsaturated/α-hetero) is 1. The monoisotopic (exact) mass is 454 g/mol. The molecule has 2 aliphatic carbocycles. The molecule has 3 fully saturated rings. The minimum Gasteiger partial charge on any atom is -0.342 e. The van der Waals surface area contributed by atoms with Crippen LogP contribution in [0.2, 0.25) is 0 Å². The van der Waals surface area contributed by atoms with Crippen molar-refractivity contribution in [1.29, 1.82) is 0 Å². The molecule has 2 aliphatic heterocycles. The Bertz CT molecular complexity index is 953. The van der Waals surface area contributed by atoms with Crippen molar-refractivity contribution >= 4 is 23.2 Å². The average Bonchev–Trinajstić information content (AvgIpc) is 3.11. The summed E-state index contributed by atoms with van der Waals surface area (Å²) in [5, 5.41) is 4.30. The van der Waals surface area contributed by atoms with Crippen LogP contribution in [0.25, 0.3) is 0 Å². The number of carbonyl (C=O) groups excluding carboxylic acids is 2. The van der Waals surface area contributed by atoms with Crippen LogP contribution in [0.15, 0.2) is 11.2 Å². The number of aromatic nitrogens is 2. The standard InChI is InChI=1S/C22H26F4N4O2/c23-21(24)5-3-13(4-6-21)30-19-16(12-27-30)18(31)11-17(28-19)14-1-2-15(14)20(32)29-9-7-22(25,26)8-10-29/h12-15H,1-11H2/t14-,15-/m0/s1. The lowest BCUT2D eigenvalue weighted by Gasteiger charge is -2.41. The summed E-state index contributed by atoms with van der Waals surface area (Å²) in [6, 6.07) is -0.233. The van der Waals surface area contributed by atoms with Gasteiger partial charge in [-0.25, -0.2) is 27.2 Å². The fourth-order valence-electron chi connectivity index (χ4n) is 5.33. The molecule has 2 atom stereocenters. The third kappa shape index (κ3) is 3.85. The largest absolute Gasteiger partial charge is 0.342 e. The number of rotatable bonds is 3. The van der Waals surface area contributed by atoms with Crippen LogP contribution in [0, 0.1) is 11.8 Å². The van der Waals surface area contributed by atoms with Gasteiger partial charge in [-0.15, -0.1) is 0 Å². The topological polar surface area (TPSA) is 67.6 Å². The first kappa shape index (κ1) is 21.6. The van der Waals surface area contributed by atoms with E-state index < -0.39 is 11.8 Å². The lowest BCUT2D eigenvalue weighted by molar-refractivity contribution is -0.145. The number of amides is 1. The zero-order valence-electron chi connectivity index (χ0n) is 17.7. The molecular formula is C22H26F4N4O2. The van der Waals surface area contributed by atoms with E-state index >= 15 is 0 Å². The summed E-state index contributed by atoms with van der Waals surface area (Å²) in [6.07, 6.45) is 2.39. The second kappa shape index (κ2) is 7.66. The van der Waals surface area contributed by atoms with E-state index in [1.807, 2.05) is 0 Å². The third-order valence-corrected chi connectivity index (χ3v) is 7.52. The fraction of sp³-hybridized carbons (Fsp3) is 0.727. The van der Waals surface area contributed by atoms with Gasteiger partial charge in [-0.2, -0.15) is 5.10 Å². The van der Waals surface area contributed by atoms with Gasteiger partial charge in [0.25, 0.3) is 5.92 Å². The number of ketones is 1. The highest BCUT2D eigenvalue weighted by molar-refractivity contribution is 6.16. The molecule has 5 rings (SSSR count). The minimum absolute atomic E-state index is 0.0453. The normalized spacial score (nSPS) is 29.8. The molecular weight excluding hydrogens is 428 g/mol. The second-order valence-electron chi connectivity index (χ2n) is 9.59. The number of alkyl halides is 4. The first-order chi connectivity index (χ1) is 15.1. The summed E-state index contributed by atoms with van der Waals surface area (Å²) >= 11 is 0. The molecule has 2 saturated carbocycles. The maximum absolute atomic E-state index is 13.6. The number of halogens is 4. The highest BCUT2D eigenvalue weighted by atomic mass is 19.3. The maximum atomic E-state index is 13.6. The van der Waals surface area contributed by atoms with Gasteiger partial charge in [-0.1, -0.05) is 0 Å². The zero-order valence-corrected chi connectivity index (χ0v) is 17.7. The van der Waals surface area contributed by atoms with Crippen molar-refractivity contribution < 1.29 is 27.2 Å². The van der Waals surface area contributed by atoms with Crippen LogP contribution in [0.1, 0.15) is 74.2 Å². The molecule has 32 heavy (non-hydrogen) atoms. The third-order valence-electron chi connectivity index (χ3n) is 7.52. The number of likely N-dealkylation sites (tertiary alicyclic amines) is 1. The molecule has 3 heterocycles. The quantitative estimate of drug-likeness (QED) is 0.628. The molecule has 0 unspecified atom stereocenters. The van der Waals surface area contributed by atoms with Crippen LogP contribution in [0.4, 0.5) is 23.4 Å². The summed E-state index contributed by atoms with van der Waals surface area (Å²) in [5.74, 6) is -5.78. The van der Waals surface area contributed by atoms with Gasteiger partial charge in [0.05, 0.1) is 24.2 Å². The van der Waals surface area contributed by atoms with Crippen LogP contribution in [0.5, 0.6) is 0 Å². The Hall–Kier alpha value is -2.26. The molecule has 0 spiro atoms. The Kier molecular flexibility index (Phi) is 5.16. The summed E-state index contributed by atoms with van der Waals surface area (Å²) in [7, 11) is 0. The van der Waals surface area contributed by atoms with Gasteiger partial charge in [-0.3, -0.25) is 9.59 Å². The number of fused-ring (bicyclic) bond motifs is 1. The van der Waals surface area contributed by atoms with E-state index in [9.17, 15) is 27.2 Å². The molecule has 0 aromatic carbocycles. The smallest absolute Gasteiger partial charge is 0.251 e. The van der Waals surface area contributed by atoms with E-state index in [1.54, 1.807) is 4.68 Å². The van der Waals surface area contributed by atoms with Crippen LogP contribution >= 0.6 is 0 Å². The number of nitrogens with zero attached hydrogens (tertiary/aromatic N) is 4. The van der Waals surface area contributed by atoms with E-state index in [2.05, 4.69) is 5.10 Å². The molecule has 1 aromatic heterocycles. The molecule has 1 saturated heterocycles. The Morgan fingerprint density at radius 1 is 0.969 bits per heavy atom. The van der Waals surface area contributed by atoms with Crippen molar-refractivity contribution in [3.05, 3.63) is 11.8 Å². The number of hydrogen-bond donors (Lipinski definition) is 0. The average molecular weight is 454 g/mol. The van der Waals surface area contributed by atoms with Crippen molar-refractivity contribution in [2.45, 2.75) is 75.7 Å². The van der Waals surface area contributed by atoms with E-state index in [-0.39, 0.29) is 87.6 Å². The molecule has 6 nitrogen and oxygen atoms in total. The molecule has 0 N–H and O–H groups in total. The highest BCUT2D eigenvalue weighted by Gasteiger charge is 2.46. The SMILES string of the molecule is O=C1CC([C@H]2CC[C@@H]2C(=O)N2CCC(F)(F)CC2)=Nc2c1cnn2C1CCC(F)(F)CC1. The van der Waals surface area contributed by atoms with Crippen LogP contribution in [-0.2, 0) is 4.79 Å². The number of aliphatic imine (C=N–C) groups is 1. The maximum Gasteiger partial charge on any atom is 0.251 e. The van der Waals surface area contributed by atoms with Gasteiger partial charge in [0.2, 0.25) is 11.8 Å². The number of carbonyl (C=O) groups is 2. The Morgan fingerprint density at radius 2 is 1.62 bits per heavy atom. The summed E-state index contributed by atoms with van der Waals surface area (Å²) in [4.78, 5) is 31.9. The fourth-order valence-corrected chi connectivity index (χ4v) is 5.33. The minimum atomic E-state index is -2.71. The Morgan fingerprint density at radius 3 is 2.25 bits per heavy atom. The van der Waals surface area contributed by atoms with E-state index in [0.29, 0.717) is 29.9 Å². The van der Waals surface area contributed by atoms with E-state index in [1.165, 1.54) is 11.1 Å². The second-order valence-corrected chi connectivity index (χ2v) is 9.59. The van der Waals surface area contributed by atoms with Crippen molar-refractivity contribution in [3.8, 4) is 0 Å². The molecule has 0 bridgehead atoms. The molecule has 1 aromatic rings. The summed E-state index contributed by atoms with van der Waals surface area (Å²) < 4.78 is 55.6. The lowest BCUT2D eigenvalue weighted by Crippen LogP contribution is -2.50. The summed E-state index contributed by atoms with van der Waals surface area (Å²) in [5.41, 5.74) is 1.02. The van der Waals surface area contributed by atoms with Crippen LogP contribution < -0.4 is 0 Å². The van der Waals surface area contributed by atoms with Gasteiger partial charge >= 0.3 is 0 Å². The van der Waals surface area contributed by atoms with E-state index in [0.717, 1.165) is 0 Å².